The monoisotopic (exact) mass is 403 g/mol. The lowest BCUT2D eigenvalue weighted by Gasteiger charge is -2.07. The maximum atomic E-state index is 12.4. The molecule has 4 aromatic rings. The number of carbonyl (C=O) groups is 2. The molecule has 0 radical (unpaired) electrons. The van der Waals surface area contributed by atoms with E-state index in [-0.39, 0.29) is 5.69 Å². The van der Waals surface area contributed by atoms with Crippen molar-refractivity contribution in [1.29, 1.82) is 0 Å². The summed E-state index contributed by atoms with van der Waals surface area (Å²) < 4.78 is 8.63. The number of aromatic nitrogens is 4. The van der Waals surface area contributed by atoms with Gasteiger partial charge in [0.15, 0.2) is 12.3 Å². The minimum Gasteiger partial charge on any atom is -0.451 e. The molecule has 152 valence electrons. The third kappa shape index (κ3) is 3.80. The van der Waals surface area contributed by atoms with E-state index in [1.165, 1.54) is 0 Å². The number of para-hydroxylation sites is 1. The molecule has 0 saturated carbocycles. The van der Waals surface area contributed by atoms with E-state index in [1.54, 1.807) is 15.3 Å². The van der Waals surface area contributed by atoms with Crippen molar-refractivity contribution in [3.05, 3.63) is 77.5 Å². The van der Waals surface area contributed by atoms with Crippen LogP contribution >= 0.6 is 0 Å². The second-order valence-corrected chi connectivity index (χ2v) is 7.01. The van der Waals surface area contributed by atoms with Crippen LogP contribution in [0.15, 0.2) is 54.9 Å². The molecule has 8 nitrogen and oxygen atoms in total. The van der Waals surface area contributed by atoms with Gasteiger partial charge in [0, 0.05) is 12.4 Å². The quantitative estimate of drug-likeness (QED) is 0.517. The molecule has 0 bridgehead atoms. The molecule has 30 heavy (non-hydrogen) atoms. The highest BCUT2D eigenvalue weighted by molar-refractivity contribution is 5.95. The zero-order valence-electron chi connectivity index (χ0n) is 16.9. The topological polar surface area (TPSA) is 90.5 Å². The van der Waals surface area contributed by atoms with Gasteiger partial charge in [-0.25, -0.2) is 14.5 Å². The van der Waals surface area contributed by atoms with Gasteiger partial charge >= 0.3 is 5.97 Å². The third-order valence-electron chi connectivity index (χ3n) is 4.72. The van der Waals surface area contributed by atoms with Crippen LogP contribution in [-0.4, -0.2) is 37.6 Å². The summed E-state index contributed by atoms with van der Waals surface area (Å²) in [5.41, 5.74) is 4.79. The summed E-state index contributed by atoms with van der Waals surface area (Å²) in [7, 11) is 0. The average Bonchev–Trinajstić information content (AvgIpc) is 3.28. The number of hydrogen-bond donors (Lipinski definition) is 1. The van der Waals surface area contributed by atoms with E-state index in [0.29, 0.717) is 17.0 Å². The largest absolute Gasteiger partial charge is 0.451 e. The SMILES string of the molecule is Cc1ccn2cc(C(=O)OCC(=O)Nc3c(C)nn(-c4ccccc4)c3C)nc2c1. The van der Waals surface area contributed by atoms with Crippen molar-refractivity contribution in [2.75, 3.05) is 11.9 Å². The summed E-state index contributed by atoms with van der Waals surface area (Å²) >= 11 is 0. The Hall–Kier alpha value is -3.94. The number of fused-ring (bicyclic) bond motifs is 1. The Kier molecular flexibility index (Phi) is 5.05. The standard InChI is InChI=1S/C22H21N5O3/c1-14-9-10-26-12-18(23-19(26)11-14)22(29)30-13-20(28)24-21-15(2)25-27(16(21)3)17-7-5-4-6-8-17/h4-12H,13H2,1-3H3,(H,24,28). The summed E-state index contributed by atoms with van der Waals surface area (Å²) in [6, 6.07) is 13.4. The molecule has 1 aromatic carbocycles. The van der Waals surface area contributed by atoms with E-state index in [2.05, 4.69) is 15.4 Å². The highest BCUT2D eigenvalue weighted by Gasteiger charge is 2.18. The smallest absolute Gasteiger partial charge is 0.359 e. The number of nitrogens with one attached hydrogen (secondary N) is 1. The Bertz CT molecular complexity index is 1240. The van der Waals surface area contributed by atoms with Crippen molar-refractivity contribution in [3.63, 3.8) is 0 Å². The number of rotatable bonds is 5. The lowest BCUT2D eigenvalue weighted by atomic mass is 10.3. The molecule has 0 aliphatic carbocycles. The first-order chi connectivity index (χ1) is 14.4. The van der Waals surface area contributed by atoms with Crippen LogP contribution in [0.1, 0.15) is 27.4 Å². The predicted octanol–water partition coefficient (Wildman–Crippen LogP) is 3.24. The number of pyridine rings is 1. The lowest BCUT2D eigenvalue weighted by molar-refractivity contribution is -0.119. The van der Waals surface area contributed by atoms with Crippen LogP contribution in [-0.2, 0) is 9.53 Å². The molecule has 3 aromatic heterocycles. The molecule has 1 N–H and O–H groups in total. The first kappa shape index (κ1) is 19.4. The number of anilines is 1. The van der Waals surface area contributed by atoms with E-state index in [9.17, 15) is 9.59 Å². The number of carbonyl (C=O) groups excluding carboxylic acids is 2. The fourth-order valence-corrected chi connectivity index (χ4v) is 3.21. The maximum Gasteiger partial charge on any atom is 0.359 e. The number of aryl methyl sites for hydroxylation is 2. The number of ether oxygens (including phenoxy) is 1. The van der Waals surface area contributed by atoms with E-state index >= 15 is 0 Å². The third-order valence-corrected chi connectivity index (χ3v) is 4.72. The van der Waals surface area contributed by atoms with Crippen molar-refractivity contribution < 1.29 is 14.3 Å². The lowest BCUT2D eigenvalue weighted by Crippen LogP contribution is -2.21. The average molecular weight is 403 g/mol. The van der Waals surface area contributed by atoms with Crippen LogP contribution in [0.5, 0.6) is 0 Å². The van der Waals surface area contributed by atoms with Crippen molar-refractivity contribution in [1.82, 2.24) is 19.2 Å². The maximum absolute atomic E-state index is 12.4. The normalized spacial score (nSPS) is 10.9. The number of imidazole rings is 1. The fourth-order valence-electron chi connectivity index (χ4n) is 3.21. The first-order valence-corrected chi connectivity index (χ1v) is 9.46. The van der Waals surface area contributed by atoms with Crippen molar-refractivity contribution >= 4 is 23.2 Å². The Labute approximate surface area is 173 Å². The molecular weight excluding hydrogens is 382 g/mol. The number of nitrogens with zero attached hydrogens (tertiary/aromatic N) is 4. The van der Waals surface area contributed by atoms with Gasteiger partial charge in [0.25, 0.3) is 5.91 Å². The number of benzene rings is 1. The zero-order chi connectivity index (χ0) is 21.3. The zero-order valence-corrected chi connectivity index (χ0v) is 16.9. The van der Waals surface area contributed by atoms with Gasteiger partial charge in [0.1, 0.15) is 5.65 Å². The molecule has 1 amide bonds. The van der Waals surface area contributed by atoms with Crippen molar-refractivity contribution in [3.8, 4) is 5.69 Å². The molecule has 0 aliphatic rings. The highest BCUT2D eigenvalue weighted by atomic mass is 16.5. The van der Waals surface area contributed by atoms with Gasteiger partial charge in [-0.3, -0.25) is 4.79 Å². The molecule has 3 heterocycles. The second-order valence-electron chi connectivity index (χ2n) is 7.01. The van der Waals surface area contributed by atoms with Crippen LogP contribution in [0, 0.1) is 20.8 Å². The van der Waals surface area contributed by atoms with Gasteiger partial charge in [-0.15, -0.1) is 0 Å². The van der Waals surface area contributed by atoms with Crippen molar-refractivity contribution in [2.24, 2.45) is 0 Å². The minimum atomic E-state index is -0.653. The van der Waals surface area contributed by atoms with Gasteiger partial charge in [0.2, 0.25) is 0 Å². The van der Waals surface area contributed by atoms with Crippen LogP contribution in [0.3, 0.4) is 0 Å². The highest BCUT2D eigenvalue weighted by Crippen LogP contribution is 2.22. The molecule has 8 heteroatoms. The number of hydrogen-bond acceptors (Lipinski definition) is 5. The van der Waals surface area contributed by atoms with Crippen LogP contribution in [0.4, 0.5) is 5.69 Å². The summed E-state index contributed by atoms with van der Waals surface area (Å²) in [5.74, 6) is -1.10. The fraction of sp³-hybridized carbons (Fsp3) is 0.182. The summed E-state index contributed by atoms with van der Waals surface area (Å²) in [4.78, 5) is 28.9. The summed E-state index contributed by atoms with van der Waals surface area (Å²) in [5, 5.41) is 7.27. The molecule has 0 atom stereocenters. The minimum absolute atomic E-state index is 0.151. The molecule has 4 rings (SSSR count). The molecular formula is C22H21N5O3. The molecule has 0 spiro atoms. The van der Waals surface area contributed by atoms with E-state index in [0.717, 1.165) is 16.9 Å². The van der Waals surface area contributed by atoms with Gasteiger partial charge in [-0.05, 0) is 50.6 Å². The summed E-state index contributed by atoms with van der Waals surface area (Å²) in [6.45, 7) is 5.21. The van der Waals surface area contributed by atoms with Crippen LogP contribution < -0.4 is 5.32 Å². The Balaban J connectivity index is 1.42. The molecule has 0 unspecified atom stereocenters. The van der Waals surface area contributed by atoms with Crippen LogP contribution in [0.25, 0.3) is 11.3 Å². The van der Waals surface area contributed by atoms with Gasteiger partial charge in [0.05, 0.1) is 22.8 Å². The number of amides is 1. The van der Waals surface area contributed by atoms with Gasteiger partial charge in [-0.1, -0.05) is 18.2 Å². The van der Waals surface area contributed by atoms with E-state index < -0.39 is 18.5 Å². The molecule has 0 aliphatic heterocycles. The predicted molar refractivity (Wildman–Crippen MR) is 112 cm³/mol. The Morgan fingerprint density at radius 2 is 1.87 bits per heavy atom. The number of esters is 1. The molecule has 0 saturated heterocycles. The Morgan fingerprint density at radius 3 is 2.63 bits per heavy atom. The first-order valence-electron chi connectivity index (χ1n) is 9.46. The van der Waals surface area contributed by atoms with Crippen molar-refractivity contribution in [2.45, 2.75) is 20.8 Å². The Morgan fingerprint density at radius 1 is 1.10 bits per heavy atom. The van der Waals surface area contributed by atoms with Crippen LogP contribution in [0.2, 0.25) is 0 Å². The molecule has 0 fully saturated rings. The van der Waals surface area contributed by atoms with Gasteiger partial charge < -0.3 is 14.5 Å². The van der Waals surface area contributed by atoms with E-state index in [1.807, 2.05) is 69.4 Å². The summed E-state index contributed by atoms with van der Waals surface area (Å²) in [6.07, 6.45) is 3.39. The second kappa shape index (κ2) is 7.82. The van der Waals surface area contributed by atoms with E-state index in [4.69, 9.17) is 4.74 Å². The van der Waals surface area contributed by atoms with Gasteiger partial charge in [-0.2, -0.15) is 5.10 Å².